The number of aliphatic hydroxyl groups is 1. The monoisotopic (exact) mass is 189 g/mol. The smallest absolute Gasteiger partial charge is 0.0575 e. The quantitative estimate of drug-likeness (QED) is 0.587. The normalized spacial score (nSPS) is 30.5. The van der Waals surface area contributed by atoms with E-state index in [-0.39, 0.29) is 17.2 Å². The van der Waals surface area contributed by atoms with Crippen molar-refractivity contribution in [2.24, 2.45) is 0 Å². The molecule has 1 heterocycles. The van der Waals surface area contributed by atoms with Gasteiger partial charge in [0.05, 0.1) is 6.10 Å². The van der Waals surface area contributed by atoms with Gasteiger partial charge in [-0.05, 0) is 40.5 Å². The Kier molecular flexibility index (Phi) is 2.55. The average molecular weight is 189 g/mol. The molecule has 0 saturated carbocycles. The summed E-state index contributed by atoms with van der Waals surface area (Å²) in [5.74, 6) is 0. The summed E-state index contributed by atoms with van der Waals surface area (Å²) in [6.45, 7) is 8.68. The summed E-state index contributed by atoms with van der Waals surface area (Å²) in [7, 11) is 2.78. The van der Waals surface area contributed by atoms with Gasteiger partial charge in [-0.3, -0.25) is 4.67 Å². The van der Waals surface area contributed by atoms with E-state index >= 15 is 0 Å². The van der Waals surface area contributed by atoms with Crippen LogP contribution >= 0.6 is 9.39 Å². The van der Waals surface area contributed by atoms with Crippen molar-refractivity contribution >= 4 is 9.39 Å². The molecule has 1 rings (SSSR count). The topological polar surface area (TPSA) is 23.5 Å². The second-order valence-corrected chi connectivity index (χ2v) is 5.57. The molecule has 0 radical (unpaired) electrons. The maximum absolute atomic E-state index is 9.66. The predicted molar refractivity (Wildman–Crippen MR) is 54.9 cm³/mol. The summed E-state index contributed by atoms with van der Waals surface area (Å²) in [5.41, 5.74) is 0.178. The van der Waals surface area contributed by atoms with E-state index in [9.17, 15) is 5.11 Å². The first-order valence-corrected chi connectivity index (χ1v) is 5.00. The van der Waals surface area contributed by atoms with Gasteiger partial charge in [0.25, 0.3) is 0 Å². The van der Waals surface area contributed by atoms with Gasteiger partial charge in [0.1, 0.15) is 0 Å². The molecule has 0 amide bonds. The summed E-state index contributed by atoms with van der Waals surface area (Å²) < 4.78 is 2.28. The molecule has 2 nitrogen and oxygen atoms in total. The molecule has 1 saturated heterocycles. The Morgan fingerprint density at radius 2 is 1.50 bits per heavy atom. The van der Waals surface area contributed by atoms with E-state index < -0.39 is 0 Å². The molecule has 0 aromatic heterocycles. The van der Waals surface area contributed by atoms with Crippen LogP contribution < -0.4 is 0 Å². The molecule has 1 N–H and O–H groups in total. The van der Waals surface area contributed by atoms with Crippen molar-refractivity contribution < 1.29 is 5.11 Å². The van der Waals surface area contributed by atoms with Crippen LogP contribution in [0, 0.1) is 0 Å². The van der Waals surface area contributed by atoms with E-state index in [0.717, 1.165) is 12.8 Å². The van der Waals surface area contributed by atoms with Crippen molar-refractivity contribution in [1.29, 1.82) is 0 Å². The second kappa shape index (κ2) is 2.94. The number of hydrogen-bond acceptors (Lipinski definition) is 2. The summed E-state index contributed by atoms with van der Waals surface area (Å²) >= 11 is 0. The Labute approximate surface area is 77.6 Å². The fraction of sp³-hybridized carbons (Fsp3) is 1.00. The fourth-order valence-corrected chi connectivity index (χ4v) is 2.45. The zero-order valence-electron chi connectivity index (χ0n) is 8.46. The standard InChI is InChI=1S/C9H20NOP/c1-8(2)5-7(11)6-9(3,4)10(8)12/h7,11H,5-6,12H2,1-4H3. The van der Waals surface area contributed by atoms with Crippen molar-refractivity contribution in [3.63, 3.8) is 0 Å². The lowest BCUT2D eigenvalue weighted by molar-refractivity contribution is -0.0208. The van der Waals surface area contributed by atoms with Crippen molar-refractivity contribution in [3.05, 3.63) is 0 Å². The third kappa shape index (κ3) is 1.81. The highest BCUT2D eigenvalue weighted by Gasteiger charge is 2.42. The zero-order chi connectivity index (χ0) is 9.57. The molecule has 0 spiro atoms. The van der Waals surface area contributed by atoms with Gasteiger partial charge in [-0.15, -0.1) is 0 Å². The Bertz CT molecular complexity index is 161. The van der Waals surface area contributed by atoms with Crippen molar-refractivity contribution in [2.45, 2.75) is 57.7 Å². The van der Waals surface area contributed by atoms with Crippen molar-refractivity contribution in [2.75, 3.05) is 0 Å². The van der Waals surface area contributed by atoms with Crippen molar-refractivity contribution in [3.8, 4) is 0 Å². The molecule has 1 aliphatic heterocycles. The third-order valence-electron chi connectivity index (χ3n) is 2.77. The molecule has 0 bridgehead atoms. The first-order valence-electron chi connectivity index (χ1n) is 4.49. The predicted octanol–water partition coefficient (Wildman–Crippen LogP) is 1.79. The highest BCUT2D eigenvalue weighted by molar-refractivity contribution is 7.13. The Balaban J connectivity index is 2.84. The molecule has 3 heteroatoms. The highest BCUT2D eigenvalue weighted by atomic mass is 31.0. The van der Waals surface area contributed by atoms with Crippen molar-refractivity contribution in [1.82, 2.24) is 4.67 Å². The second-order valence-electron chi connectivity index (χ2n) is 5.06. The number of aliphatic hydroxyl groups excluding tert-OH is 1. The van der Waals surface area contributed by atoms with Crippen LogP contribution in [0.5, 0.6) is 0 Å². The van der Waals surface area contributed by atoms with E-state index in [1.165, 1.54) is 0 Å². The molecule has 1 fully saturated rings. The lowest BCUT2D eigenvalue weighted by Crippen LogP contribution is -2.56. The molecule has 0 aromatic carbocycles. The lowest BCUT2D eigenvalue weighted by Gasteiger charge is -2.52. The third-order valence-corrected chi connectivity index (χ3v) is 4.17. The van der Waals surface area contributed by atoms with Gasteiger partial charge in [0, 0.05) is 11.1 Å². The highest BCUT2D eigenvalue weighted by Crippen LogP contribution is 2.40. The summed E-state index contributed by atoms with van der Waals surface area (Å²) in [5, 5.41) is 9.66. The van der Waals surface area contributed by atoms with Crippen LogP contribution in [0.25, 0.3) is 0 Å². The minimum atomic E-state index is -0.146. The molecular weight excluding hydrogens is 169 g/mol. The van der Waals surface area contributed by atoms with Crippen LogP contribution in [0.3, 0.4) is 0 Å². The van der Waals surface area contributed by atoms with Crippen LogP contribution in [0.4, 0.5) is 0 Å². The Morgan fingerprint density at radius 3 is 1.83 bits per heavy atom. The molecule has 12 heavy (non-hydrogen) atoms. The van der Waals surface area contributed by atoms with Crippen LogP contribution in [0.1, 0.15) is 40.5 Å². The number of rotatable bonds is 0. The van der Waals surface area contributed by atoms with E-state index in [2.05, 4.69) is 41.8 Å². The Hall–Kier alpha value is 0.350. The molecular formula is C9H20NOP. The van der Waals surface area contributed by atoms with E-state index in [0.29, 0.717) is 0 Å². The zero-order valence-corrected chi connectivity index (χ0v) is 9.62. The molecule has 1 aliphatic rings. The number of hydrogen-bond donors (Lipinski definition) is 1. The maximum Gasteiger partial charge on any atom is 0.0575 e. The number of nitrogens with zero attached hydrogens (tertiary/aromatic N) is 1. The van der Waals surface area contributed by atoms with Gasteiger partial charge in [-0.2, -0.15) is 0 Å². The summed E-state index contributed by atoms with van der Waals surface area (Å²) in [4.78, 5) is 0. The summed E-state index contributed by atoms with van der Waals surface area (Å²) in [6.07, 6.45) is 1.58. The van der Waals surface area contributed by atoms with Gasteiger partial charge in [-0.1, -0.05) is 9.39 Å². The maximum atomic E-state index is 9.66. The first-order chi connectivity index (χ1) is 5.26. The molecule has 0 aromatic rings. The van der Waals surface area contributed by atoms with Gasteiger partial charge in [-0.25, -0.2) is 0 Å². The fourth-order valence-electron chi connectivity index (χ4n) is 2.24. The Morgan fingerprint density at radius 1 is 1.17 bits per heavy atom. The van der Waals surface area contributed by atoms with Gasteiger partial charge in [0.15, 0.2) is 0 Å². The van der Waals surface area contributed by atoms with Crippen LogP contribution in [-0.4, -0.2) is 27.0 Å². The average Bonchev–Trinajstić information content (AvgIpc) is 1.80. The van der Waals surface area contributed by atoms with E-state index in [1.54, 1.807) is 0 Å². The SMILES string of the molecule is CC1(C)CC(O)CC(C)(C)N1P. The largest absolute Gasteiger partial charge is 0.393 e. The molecule has 1 atom stereocenters. The van der Waals surface area contributed by atoms with E-state index in [4.69, 9.17) is 0 Å². The minimum absolute atomic E-state index is 0.0891. The van der Waals surface area contributed by atoms with Gasteiger partial charge in [0.2, 0.25) is 0 Å². The molecule has 72 valence electrons. The van der Waals surface area contributed by atoms with Crippen LogP contribution in [-0.2, 0) is 0 Å². The molecule has 1 unspecified atom stereocenters. The lowest BCUT2D eigenvalue weighted by atomic mass is 9.81. The first kappa shape index (κ1) is 10.4. The minimum Gasteiger partial charge on any atom is -0.393 e. The van der Waals surface area contributed by atoms with E-state index in [1.807, 2.05) is 0 Å². The van der Waals surface area contributed by atoms with Crippen LogP contribution in [0.15, 0.2) is 0 Å². The van der Waals surface area contributed by atoms with Gasteiger partial charge < -0.3 is 5.11 Å². The summed E-state index contributed by atoms with van der Waals surface area (Å²) in [6, 6.07) is 0. The van der Waals surface area contributed by atoms with Gasteiger partial charge >= 0.3 is 0 Å². The van der Waals surface area contributed by atoms with Crippen LogP contribution in [0.2, 0.25) is 0 Å². The molecule has 0 aliphatic carbocycles. The number of piperidine rings is 1.